The van der Waals surface area contributed by atoms with Crippen LogP contribution >= 0.6 is 0 Å². The third-order valence-electron chi connectivity index (χ3n) is 3.52. The Morgan fingerprint density at radius 1 is 1.00 bits per heavy atom. The SMILES string of the molecule is O=C(CCn1cnc2ccccc2c1=O)NNC(=O)c1ccccn1. The molecule has 0 fully saturated rings. The standard InChI is InChI=1S/C17H15N5O3/c23-15(20-21-16(24)14-7-3-4-9-18-14)8-10-22-11-19-13-6-2-1-5-12(13)17(22)25/h1-7,9,11H,8,10H2,(H,20,23)(H,21,24). The number of aryl methyl sites for hydroxylation is 1. The van der Waals surface area contributed by atoms with Gasteiger partial charge in [-0.25, -0.2) is 4.98 Å². The quantitative estimate of drug-likeness (QED) is 0.680. The molecule has 0 radical (unpaired) electrons. The van der Waals surface area contributed by atoms with Gasteiger partial charge in [-0.3, -0.25) is 34.8 Å². The van der Waals surface area contributed by atoms with Crippen molar-refractivity contribution in [2.24, 2.45) is 0 Å². The third-order valence-corrected chi connectivity index (χ3v) is 3.52. The number of hydrogen-bond acceptors (Lipinski definition) is 5. The summed E-state index contributed by atoms with van der Waals surface area (Å²) in [6, 6.07) is 11.9. The molecule has 0 aliphatic heterocycles. The maximum atomic E-state index is 12.3. The molecule has 0 aliphatic carbocycles. The molecule has 0 aliphatic rings. The largest absolute Gasteiger partial charge is 0.298 e. The predicted molar refractivity (Wildman–Crippen MR) is 90.5 cm³/mol. The summed E-state index contributed by atoms with van der Waals surface area (Å²) in [6.07, 6.45) is 2.91. The molecular formula is C17H15N5O3. The van der Waals surface area contributed by atoms with Crippen LogP contribution in [0.4, 0.5) is 0 Å². The van der Waals surface area contributed by atoms with E-state index in [4.69, 9.17) is 0 Å². The van der Waals surface area contributed by atoms with E-state index in [9.17, 15) is 14.4 Å². The minimum Gasteiger partial charge on any atom is -0.298 e. The van der Waals surface area contributed by atoms with E-state index in [-0.39, 0.29) is 24.2 Å². The lowest BCUT2D eigenvalue weighted by Gasteiger charge is -2.08. The first kappa shape index (κ1) is 16.3. The van der Waals surface area contributed by atoms with Crippen LogP contribution in [0.25, 0.3) is 10.9 Å². The molecular weight excluding hydrogens is 322 g/mol. The van der Waals surface area contributed by atoms with Crippen molar-refractivity contribution in [3.63, 3.8) is 0 Å². The summed E-state index contributed by atoms with van der Waals surface area (Å²) in [6.45, 7) is 0.155. The molecule has 0 saturated carbocycles. The first-order chi connectivity index (χ1) is 12.1. The van der Waals surface area contributed by atoms with Crippen molar-refractivity contribution in [3.05, 3.63) is 71.0 Å². The van der Waals surface area contributed by atoms with Gasteiger partial charge in [0.15, 0.2) is 0 Å². The Morgan fingerprint density at radius 2 is 1.80 bits per heavy atom. The van der Waals surface area contributed by atoms with Crippen LogP contribution in [0.5, 0.6) is 0 Å². The first-order valence-corrected chi connectivity index (χ1v) is 7.59. The highest BCUT2D eigenvalue weighted by molar-refractivity contribution is 5.93. The number of fused-ring (bicyclic) bond motifs is 1. The number of hydrogen-bond donors (Lipinski definition) is 2. The van der Waals surface area contributed by atoms with E-state index < -0.39 is 11.8 Å². The van der Waals surface area contributed by atoms with Crippen LogP contribution in [0, 0.1) is 0 Å². The topological polar surface area (TPSA) is 106 Å². The second kappa shape index (κ2) is 7.35. The Bertz CT molecular complexity index is 969. The second-order valence-corrected chi connectivity index (χ2v) is 5.23. The number of benzene rings is 1. The first-order valence-electron chi connectivity index (χ1n) is 7.59. The Hall–Kier alpha value is -3.55. The van der Waals surface area contributed by atoms with Crippen molar-refractivity contribution in [1.29, 1.82) is 0 Å². The summed E-state index contributed by atoms with van der Waals surface area (Å²) in [7, 11) is 0. The number of rotatable bonds is 4. The van der Waals surface area contributed by atoms with E-state index >= 15 is 0 Å². The zero-order chi connectivity index (χ0) is 17.6. The normalized spacial score (nSPS) is 10.4. The molecule has 2 aromatic heterocycles. The van der Waals surface area contributed by atoms with Gasteiger partial charge in [0.25, 0.3) is 11.5 Å². The van der Waals surface area contributed by atoms with E-state index in [1.165, 1.54) is 23.2 Å². The molecule has 1 aromatic carbocycles. The number of carbonyl (C=O) groups is 2. The van der Waals surface area contributed by atoms with Crippen LogP contribution in [0.3, 0.4) is 0 Å². The molecule has 0 spiro atoms. The highest BCUT2D eigenvalue weighted by Gasteiger charge is 2.09. The fourth-order valence-corrected chi connectivity index (χ4v) is 2.24. The van der Waals surface area contributed by atoms with E-state index in [0.717, 1.165) is 0 Å². The predicted octanol–water partition coefficient (Wildman–Crippen LogP) is 0.643. The van der Waals surface area contributed by atoms with Crippen molar-refractivity contribution in [1.82, 2.24) is 25.4 Å². The highest BCUT2D eigenvalue weighted by Crippen LogP contribution is 2.04. The number of nitrogens with zero attached hydrogens (tertiary/aromatic N) is 3. The number of pyridine rings is 1. The Kier molecular flexibility index (Phi) is 4.79. The van der Waals surface area contributed by atoms with Gasteiger partial charge in [0.1, 0.15) is 5.69 Å². The number of amides is 2. The molecule has 0 saturated heterocycles. The number of carbonyl (C=O) groups excluding carboxylic acids is 2. The van der Waals surface area contributed by atoms with Gasteiger partial charge in [-0.05, 0) is 24.3 Å². The van der Waals surface area contributed by atoms with Gasteiger partial charge in [-0.1, -0.05) is 18.2 Å². The average Bonchev–Trinajstić information content (AvgIpc) is 2.66. The van der Waals surface area contributed by atoms with Crippen molar-refractivity contribution < 1.29 is 9.59 Å². The molecule has 0 atom stereocenters. The van der Waals surface area contributed by atoms with Crippen LogP contribution in [0.1, 0.15) is 16.9 Å². The highest BCUT2D eigenvalue weighted by atomic mass is 16.2. The van der Waals surface area contributed by atoms with Crippen molar-refractivity contribution >= 4 is 22.7 Å². The van der Waals surface area contributed by atoms with Crippen molar-refractivity contribution in [2.75, 3.05) is 0 Å². The molecule has 2 heterocycles. The van der Waals surface area contributed by atoms with Crippen LogP contribution in [0.15, 0.2) is 59.8 Å². The number of hydrazine groups is 1. The summed E-state index contributed by atoms with van der Waals surface area (Å²) in [5, 5.41) is 0.494. The van der Waals surface area contributed by atoms with Crippen molar-refractivity contribution in [2.45, 2.75) is 13.0 Å². The fraction of sp³-hybridized carbons (Fsp3) is 0.118. The van der Waals surface area contributed by atoms with Crippen LogP contribution in [-0.4, -0.2) is 26.3 Å². The van der Waals surface area contributed by atoms with Crippen molar-refractivity contribution in [3.8, 4) is 0 Å². The maximum Gasteiger partial charge on any atom is 0.288 e. The fourth-order valence-electron chi connectivity index (χ4n) is 2.24. The summed E-state index contributed by atoms with van der Waals surface area (Å²) >= 11 is 0. The Morgan fingerprint density at radius 3 is 2.60 bits per heavy atom. The van der Waals surface area contributed by atoms with Gasteiger partial charge in [0.2, 0.25) is 5.91 Å². The second-order valence-electron chi connectivity index (χ2n) is 5.23. The molecule has 2 N–H and O–H groups in total. The van der Waals surface area contributed by atoms with E-state index in [1.54, 1.807) is 36.4 Å². The van der Waals surface area contributed by atoms with Gasteiger partial charge in [0, 0.05) is 19.2 Å². The molecule has 8 heteroatoms. The lowest BCUT2D eigenvalue weighted by molar-refractivity contribution is -0.122. The monoisotopic (exact) mass is 337 g/mol. The van der Waals surface area contributed by atoms with Gasteiger partial charge in [0.05, 0.1) is 17.2 Å². The molecule has 3 rings (SSSR count). The minimum atomic E-state index is -0.515. The molecule has 0 unspecified atom stereocenters. The number of nitrogens with one attached hydrogen (secondary N) is 2. The zero-order valence-corrected chi connectivity index (χ0v) is 13.2. The Labute approximate surface area is 142 Å². The Balaban J connectivity index is 1.57. The van der Waals surface area contributed by atoms with E-state index in [1.807, 2.05) is 0 Å². The third kappa shape index (κ3) is 3.86. The van der Waals surface area contributed by atoms with E-state index in [0.29, 0.717) is 10.9 Å². The molecule has 8 nitrogen and oxygen atoms in total. The summed E-state index contributed by atoms with van der Waals surface area (Å²) in [5.74, 6) is -0.942. The zero-order valence-electron chi connectivity index (χ0n) is 13.2. The number of para-hydroxylation sites is 1. The molecule has 25 heavy (non-hydrogen) atoms. The van der Waals surface area contributed by atoms with Crippen LogP contribution < -0.4 is 16.4 Å². The molecule has 3 aromatic rings. The lowest BCUT2D eigenvalue weighted by atomic mass is 10.2. The molecule has 2 amide bonds. The van der Waals surface area contributed by atoms with Gasteiger partial charge >= 0.3 is 0 Å². The molecule has 126 valence electrons. The van der Waals surface area contributed by atoms with Crippen LogP contribution in [0.2, 0.25) is 0 Å². The molecule has 0 bridgehead atoms. The van der Waals surface area contributed by atoms with Gasteiger partial charge < -0.3 is 0 Å². The smallest absolute Gasteiger partial charge is 0.288 e. The average molecular weight is 337 g/mol. The van der Waals surface area contributed by atoms with E-state index in [2.05, 4.69) is 20.8 Å². The summed E-state index contributed by atoms with van der Waals surface area (Å²) in [4.78, 5) is 44.0. The summed E-state index contributed by atoms with van der Waals surface area (Å²) < 4.78 is 1.36. The summed E-state index contributed by atoms with van der Waals surface area (Å²) in [5.41, 5.74) is 5.16. The van der Waals surface area contributed by atoms with Gasteiger partial charge in [-0.2, -0.15) is 0 Å². The minimum absolute atomic E-state index is 0.0163. The lowest BCUT2D eigenvalue weighted by Crippen LogP contribution is -2.42. The number of aromatic nitrogens is 3. The van der Waals surface area contributed by atoms with Crippen LogP contribution in [-0.2, 0) is 11.3 Å². The van der Waals surface area contributed by atoms with Gasteiger partial charge in [-0.15, -0.1) is 0 Å². The maximum absolute atomic E-state index is 12.3.